The second-order valence-corrected chi connectivity index (χ2v) is 6.66. The van der Waals surface area contributed by atoms with Crippen molar-refractivity contribution in [3.63, 3.8) is 0 Å². The summed E-state index contributed by atoms with van der Waals surface area (Å²) in [5.74, 6) is 1.90. The van der Waals surface area contributed by atoms with Gasteiger partial charge in [0.1, 0.15) is 5.82 Å². The standard InChI is InChI=1S/C17H31N3O/c1-5-17-18-14(4)16(19-17)12-20-9-10-21-15(11-20)8-6-7-13(2)3/h13,15H,5-12H2,1-4H3,(H,18,19)/t15-/m1/s1. The molecule has 120 valence electrons. The first-order valence-electron chi connectivity index (χ1n) is 8.46. The van der Waals surface area contributed by atoms with Crippen LogP contribution in [0.4, 0.5) is 0 Å². The first-order chi connectivity index (χ1) is 10.1. The van der Waals surface area contributed by atoms with Crippen LogP contribution >= 0.6 is 0 Å². The third-order valence-corrected chi connectivity index (χ3v) is 4.27. The second-order valence-electron chi connectivity index (χ2n) is 6.66. The fraction of sp³-hybridized carbons (Fsp3) is 0.824. The molecule has 0 aliphatic carbocycles. The molecule has 1 aliphatic heterocycles. The molecule has 0 radical (unpaired) electrons. The van der Waals surface area contributed by atoms with Gasteiger partial charge in [-0.3, -0.25) is 4.90 Å². The van der Waals surface area contributed by atoms with E-state index in [1.807, 2.05) is 0 Å². The monoisotopic (exact) mass is 293 g/mol. The number of aryl methyl sites for hydroxylation is 2. The molecule has 0 spiro atoms. The fourth-order valence-corrected chi connectivity index (χ4v) is 2.95. The molecular formula is C17H31N3O. The molecule has 1 aromatic heterocycles. The summed E-state index contributed by atoms with van der Waals surface area (Å²) in [5.41, 5.74) is 2.42. The maximum absolute atomic E-state index is 5.91. The summed E-state index contributed by atoms with van der Waals surface area (Å²) in [5, 5.41) is 0. The number of ether oxygens (including phenoxy) is 1. The number of aromatic nitrogens is 2. The molecule has 2 heterocycles. The van der Waals surface area contributed by atoms with Gasteiger partial charge in [0.15, 0.2) is 0 Å². The number of hydrogen-bond donors (Lipinski definition) is 1. The molecule has 1 saturated heterocycles. The predicted molar refractivity (Wildman–Crippen MR) is 86.4 cm³/mol. The molecule has 1 aromatic rings. The number of H-pyrrole nitrogens is 1. The van der Waals surface area contributed by atoms with Gasteiger partial charge in [-0.05, 0) is 19.3 Å². The molecule has 0 saturated carbocycles. The van der Waals surface area contributed by atoms with Gasteiger partial charge in [-0.1, -0.05) is 33.6 Å². The molecule has 0 amide bonds. The van der Waals surface area contributed by atoms with E-state index in [1.54, 1.807) is 0 Å². The van der Waals surface area contributed by atoms with E-state index in [2.05, 4.69) is 37.6 Å². The SMILES string of the molecule is CCc1nc(CN2CCO[C@H](CCCC(C)C)C2)c(C)[nH]1. The highest BCUT2D eigenvalue weighted by molar-refractivity contribution is 5.13. The van der Waals surface area contributed by atoms with E-state index in [1.165, 1.54) is 30.7 Å². The average molecular weight is 293 g/mol. The largest absolute Gasteiger partial charge is 0.376 e. The van der Waals surface area contributed by atoms with E-state index >= 15 is 0 Å². The van der Waals surface area contributed by atoms with Crippen LogP contribution in [0, 0.1) is 12.8 Å². The van der Waals surface area contributed by atoms with Gasteiger partial charge >= 0.3 is 0 Å². The number of nitrogens with zero attached hydrogens (tertiary/aromatic N) is 2. The second kappa shape index (κ2) is 7.95. The van der Waals surface area contributed by atoms with E-state index in [9.17, 15) is 0 Å². The fourth-order valence-electron chi connectivity index (χ4n) is 2.95. The van der Waals surface area contributed by atoms with Crippen molar-refractivity contribution in [3.8, 4) is 0 Å². The Morgan fingerprint density at radius 1 is 1.43 bits per heavy atom. The number of aromatic amines is 1. The van der Waals surface area contributed by atoms with Gasteiger partial charge in [0.25, 0.3) is 0 Å². The first kappa shape index (κ1) is 16.5. The summed E-state index contributed by atoms with van der Waals surface area (Å²) in [7, 11) is 0. The van der Waals surface area contributed by atoms with Crippen molar-refractivity contribution >= 4 is 0 Å². The molecule has 1 N–H and O–H groups in total. The van der Waals surface area contributed by atoms with Crippen molar-refractivity contribution in [1.29, 1.82) is 0 Å². The molecule has 2 rings (SSSR count). The van der Waals surface area contributed by atoms with Crippen molar-refractivity contribution in [1.82, 2.24) is 14.9 Å². The van der Waals surface area contributed by atoms with Crippen LogP contribution in [-0.2, 0) is 17.7 Å². The molecule has 1 fully saturated rings. The maximum atomic E-state index is 5.91. The third-order valence-electron chi connectivity index (χ3n) is 4.27. The Labute approximate surface area is 129 Å². The minimum Gasteiger partial charge on any atom is -0.376 e. The summed E-state index contributed by atoms with van der Waals surface area (Å²) in [4.78, 5) is 10.6. The molecule has 4 heteroatoms. The Morgan fingerprint density at radius 2 is 2.24 bits per heavy atom. The van der Waals surface area contributed by atoms with Crippen molar-refractivity contribution in [2.75, 3.05) is 19.7 Å². The number of hydrogen-bond acceptors (Lipinski definition) is 3. The van der Waals surface area contributed by atoms with Crippen LogP contribution in [0.1, 0.15) is 57.2 Å². The number of imidazole rings is 1. The number of rotatable bonds is 7. The summed E-state index contributed by atoms with van der Waals surface area (Å²) in [6.07, 6.45) is 5.15. The molecule has 1 aliphatic rings. The lowest BCUT2D eigenvalue weighted by Crippen LogP contribution is -2.42. The van der Waals surface area contributed by atoms with Gasteiger partial charge < -0.3 is 9.72 Å². The van der Waals surface area contributed by atoms with Gasteiger partial charge in [0, 0.05) is 31.7 Å². The van der Waals surface area contributed by atoms with Gasteiger partial charge in [0.05, 0.1) is 18.4 Å². The van der Waals surface area contributed by atoms with E-state index in [0.717, 1.165) is 44.4 Å². The number of morpholine rings is 1. The highest BCUT2D eigenvalue weighted by Crippen LogP contribution is 2.17. The first-order valence-corrected chi connectivity index (χ1v) is 8.46. The van der Waals surface area contributed by atoms with Crippen LogP contribution in [0.5, 0.6) is 0 Å². The maximum Gasteiger partial charge on any atom is 0.106 e. The molecule has 0 aromatic carbocycles. The lowest BCUT2D eigenvalue weighted by atomic mass is 10.0. The highest BCUT2D eigenvalue weighted by atomic mass is 16.5. The van der Waals surface area contributed by atoms with Crippen LogP contribution in [0.25, 0.3) is 0 Å². The summed E-state index contributed by atoms with van der Waals surface area (Å²) in [6, 6.07) is 0. The molecule has 4 nitrogen and oxygen atoms in total. The Bertz CT molecular complexity index is 428. The van der Waals surface area contributed by atoms with Crippen molar-refractivity contribution in [3.05, 3.63) is 17.2 Å². The van der Waals surface area contributed by atoms with Crippen LogP contribution in [-0.4, -0.2) is 40.7 Å². The van der Waals surface area contributed by atoms with Gasteiger partial charge in [-0.25, -0.2) is 4.98 Å². The van der Waals surface area contributed by atoms with Crippen molar-refractivity contribution < 1.29 is 4.74 Å². The minimum atomic E-state index is 0.405. The Kier molecular flexibility index (Phi) is 6.24. The van der Waals surface area contributed by atoms with Crippen molar-refractivity contribution in [2.24, 2.45) is 5.92 Å². The predicted octanol–water partition coefficient (Wildman–Crippen LogP) is 3.31. The lowest BCUT2D eigenvalue weighted by molar-refractivity contribution is -0.0364. The van der Waals surface area contributed by atoms with E-state index in [-0.39, 0.29) is 0 Å². The van der Waals surface area contributed by atoms with Crippen LogP contribution < -0.4 is 0 Å². The molecule has 1 atom stereocenters. The Hall–Kier alpha value is -0.870. The highest BCUT2D eigenvalue weighted by Gasteiger charge is 2.21. The van der Waals surface area contributed by atoms with E-state index in [0.29, 0.717) is 6.10 Å². The van der Waals surface area contributed by atoms with Crippen LogP contribution in [0.3, 0.4) is 0 Å². The molecule has 0 unspecified atom stereocenters. The molecular weight excluding hydrogens is 262 g/mol. The summed E-state index contributed by atoms with van der Waals surface area (Å²) < 4.78 is 5.91. The van der Waals surface area contributed by atoms with Crippen LogP contribution in [0.15, 0.2) is 0 Å². The van der Waals surface area contributed by atoms with Crippen LogP contribution in [0.2, 0.25) is 0 Å². The van der Waals surface area contributed by atoms with E-state index < -0.39 is 0 Å². The third kappa shape index (κ3) is 5.11. The molecule has 0 bridgehead atoms. The van der Waals surface area contributed by atoms with Crippen molar-refractivity contribution in [2.45, 2.75) is 66.0 Å². The average Bonchev–Trinajstić information content (AvgIpc) is 2.79. The zero-order valence-electron chi connectivity index (χ0n) is 14.1. The lowest BCUT2D eigenvalue weighted by Gasteiger charge is -2.32. The zero-order valence-corrected chi connectivity index (χ0v) is 14.1. The summed E-state index contributed by atoms with van der Waals surface area (Å²) >= 11 is 0. The normalized spacial score (nSPS) is 20.3. The quantitative estimate of drug-likeness (QED) is 0.838. The van der Waals surface area contributed by atoms with Gasteiger partial charge in [-0.15, -0.1) is 0 Å². The topological polar surface area (TPSA) is 41.2 Å². The smallest absolute Gasteiger partial charge is 0.106 e. The Balaban J connectivity index is 1.81. The minimum absolute atomic E-state index is 0.405. The number of nitrogens with one attached hydrogen (secondary N) is 1. The van der Waals surface area contributed by atoms with Gasteiger partial charge in [0.2, 0.25) is 0 Å². The summed E-state index contributed by atoms with van der Waals surface area (Å²) in [6.45, 7) is 12.7. The zero-order chi connectivity index (χ0) is 15.2. The van der Waals surface area contributed by atoms with E-state index in [4.69, 9.17) is 9.72 Å². The van der Waals surface area contributed by atoms with Gasteiger partial charge in [-0.2, -0.15) is 0 Å². The Morgan fingerprint density at radius 3 is 2.90 bits per heavy atom. The molecule has 21 heavy (non-hydrogen) atoms.